The SMILES string of the molecule is CCC(CC)NC(=O)Cn1nnc(CCN2C(=O)c3ccccc3C2=O)n1. The van der Waals surface area contributed by atoms with Gasteiger partial charge in [-0.1, -0.05) is 26.0 Å². The van der Waals surface area contributed by atoms with Gasteiger partial charge in [0.1, 0.15) is 6.54 Å². The molecule has 0 bridgehead atoms. The van der Waals surface area contributed by atoms with Crippen molar-refractivity contribution in [3.05, 3.63) is 41.2 Å². The molecule has 0 atom stereocenters. The van der Waals surface area contributed by atoms with Crippen LogP contribution in [0.5, 0.6) is 0 Å². The van der Waals surface area contributed by atoms with E-state index in [2.05, 4.69) is 20.7 Å². The largest absolute Gasteiger partial charge is 0.352 e. The van der Waals surface area contributed by atoms with E-state index >= 15 is 0 Å². The van der Waals surface area contributed by atoms with Gasteiger partial charge < -0.3 is 5.32 Å². The number of tetrazole rings is 1. The highest BCUT2D eigenvalue weighted by atomic mass is 16.2. The molecule has 1 aliphatic rings. The van der Waals surface area contributed by atoms with Gasteiger partial charge in [0, 0.05) is 19.0 Å². The van der Waals surface area contributed by atoms with Crippen LogP contribution in [-0.2, 0) is 17.8 Å². The van der Waals surface area contributed by atoms with E-state index in [-0.39, 0.29) is 43.3 Å². The molecule has 0 spiro atoms. The molecule has 0 saturated heterocycles. The summed E-state index contributed by atoms with van der Waals surface area (Å²) in [7, 11) is 0. The second kappa shape index (κ2) is 8.07. The zero-order valence-electron chi connectivity index (χ0n) is 15.4. The summed E-state index contributed by atoms with van der Waals surface area (Å²) in [5.41, 5.74) is 0.828. The fourth-order valence-corrected chi connectivity index (χ4v) is 2.99. The van der Waals surface area contributed by atoms with Gasteiger partial charge in [0.25, 0.3) is 11.8 Å². The van der Waals surface area contributed by atoms with Crippen molar-refractivity contribution in [1.82, 2.24) is 30.4 Å². The van der Waals surface area contributed by atoms with E-state index in [0.29, 0.717) is 17.0 Å². The smallest absolute Gasteiger partial charge is 0.261 e. The number of amides is 3. The first-order valence-electron chi connectivity index (χ1n) is 9.04. The lowest BCUT2D eigenvalue weighted by Crippen LogP contribution is -2.36. The first-order chi connectivity index (χ1) is 13.0. The highest BCUT2D eigenvalue weighted by Gasteiger charge is 2.34. The molecule has 27 heavy (non-hydrogen) atoms. The number of rotatable bonds is 8. The maximum absolute atomic E-state index is 12.3. The van der Waals surface area contributed by atoms with Gasteiger partial charge in [0.15, 0.2) is 5.82 Å². The molecule has 0 aliphatic carbocycles. The molecule has 9 nitrogen and oxygen atoms in total. The second-order valence-electron chi connectivity index (χ2n) is 6.37. The Morgan fingerprint density at radius 3 is 2.33 bits per heavy atom. The van der Waals surface area contributed by atoms with Gasteiger partial charge in [-0.25, -0.2) is 0 Å². The van der Waals surface area contributed by atoms with Crippen LogP contribution >= 0.6 is 0 Å². The van der Waals surface area contributed by atoms with Crippen molar-refractivity contribution in [2.24, 2.45) is 0 Å². The van der Waals surface area contributed by atoms with E-state index in [1.54, 1.807) is 24.3 Å². The third kappa shape index (κ3) is 4.02. The van der Waals surface area contributed by atoms with E-state index in [0.717, 1.165) is 12.8 Å². The van der Waals surface area contributed by atoms with Gasteiger partial charge in [-0.3, -0.25) is 19.3 Å². The summed E-state index contributed by atoms with van der Waals surface area (Å²) in [6, 6.07) is 6.88. The lowest BCUT2D eigenvalue weighted by molar-refractivity contribution is -0.122. The highest BCUT2D eigenvalue weighted by Crippen LogP contribution is 2.22. The van der Waals surface area contributed by atoms with Crippen molar-refractivity contribution < 1.29 is 14.4 Å². The minimum Gasteiger partial charge on any atom is -0.352 e. The number of carbonyl (C=O) groups is 3. The average Bonchev–Trinajstić information content (AvgIpc) is 3.21. The predicted molar refractivity (Wildman–Crippen MR) is 95.8 cm³/mol. The molecule has 1 aliphatic heterocycles. The summed E-state index contributed by atoms with van der Waals surface area (Å²) < 4.78 is 0. The minimum atomic E-state index is -0.312. The number of hydrogen-bond donors (Lipinski definition) is 1. The number of benzene rings is 1. The quantitative estimate of drug-likeness (QED) is 0.689. The number of carbonyl (C=O) groups excluding carboxylic acids is 3. The lowest BCUT2D eigenvalue weighted by Gasteiger charge is -2.13. The first-order valence-corrected chi connectivity index (χ1v) is 9.04. The van der Waals surface area contributed by atoms with Crippen LogP contribution in [0.15, 0.2) is 24.3 Å². The molecule has 2 aromatic rings. The number of nitrogens with one attached hydrogen (secondary N) is 1. The molecule has 0 radical (unpaired) electrons. The van der Waals surface area contributed by atoms with Crippen molar-refractivity contribution >= 4 is 17.7 Å². The van der Waals surface area contributed by atoms with Crippen molar-refractivity contribution in [2.45, 2.75) is 45.7 Å². The van der Waals surface area contributed by atoms with E-state index in [9.17, 15) is 14.4 Å². The zero-order valence-corrected chi connectivity index (χ0v) is 15.4. The van der Waals surface area contributed by atoms with Crippen LogP contribution in [0.4, 0.5) is 0 Å². The lowest BCUT2D eigenvalue weighted by atomic mass is 10.1. The maximum atomic E-state index is 12.3. The van der Waals surface area contributed by atoms with Crippen molar-refractivity contribution in [1.29, 1.82) is 0 Å². The Labute approximate surface area is 156 Å². The Kier molecular flexibility index (Phi) is 5.58. The molecule has 2 heterocycles. The van der Waals surface area contributed by atoms with Crippen LogP contribution in [0.1, 0.15) is 53.2 Å². The Bertz CT molecular complexity index is 823. The normalized spacial score (nSPS) is 13.4. The Morgan fingerprint density at radius 1 is 1.11 bits per heavy atom. The Balaban J connectivity index is 1.55. The van der Waals surface area contributed by atoms with Gasteiger partial charge in [-0.2, -0.15) is 4.80 Å². The fourth-order valence-electron chi connectivity index (χ4n) is 2.99. The van der Waals surface area contributed by atoms with E-state index < -0.39 is 0 Å². The molecule has 0 fully saturated rings. The first kappa shape index (κ1) is 18.7. The molecular formula is C18H22N6O3. The van der Waals surface area contributed by atoms with Gasteiger partial charge >= 0.3 is 0 Å². The Morgan fingerprint density at radius 2 is 1.74 bits per heavy atom. The van der Waals surface area contributed by atoms with Crippen molar-refractivity contribution in [2.75, 3.05) is 6.54 Å². The van der Waals surface area contributed by atoms with Crippen LogP contribution in [-0.4, -0.2) is 55.4 Å². The Hall–Kier alpha value is -3.10. The summed E-state index contributed by atoms with van der Waals surface area (Å²) in [6.07, 6.45) is 2.00. The van der Waals surface area contributed by atoms with E-state index in [4.69, 9.17) is 0 Å². The van der Waals surface area contributed by atoms with Crippen LogP contribution < -0.4 is 5.32 Å². The molecule has 1 N–H and O–H groups in total. The maximum Gasteiger partial charge on any atom is 0.261 e. The topological polar surface area (TPSA) is 110 Å². The molecular weight excluding hydrogens is 348 g/mol. The monoisotopic (exact) mass is 370 g/mol. The second-order valence-corrected chi connectivity index (χ2v) is 6.37. The van der Waals surface area contributed by atoms with Gasteiger partial charge in [-0.15, -0.1) is 10.2 Å². The van der Waals surface area contributed by atoms with E-state index in [1.807, 2.05) is 13.8 Å². The molecule has 1 aromatic heterocycles. The van der Waals surface area contributed by atoms with Crippen LogP contribution in [0.2, 0.25) is 0 Å². The van der Waals surface area contributed by atoms with Gasteiger partial charge in [0.05, 0.1) is 11.1 Å². The number of hydrogen-bond acceptors (Lipinski definition) is 6. The van der Waals surface area contributed by atoms with Crippen LogP contribution in [0.25, 0.3) is 0 Å². The summed E-state index contributed by atoms with van der Waals surface area (Å²) in [6.45, 7) is 4.17. The number of aromatic nitrogens is 4. The van der Waals surface area contributed by atoms with Crippen molar-refractivity contribution in [3.63, 3.8) is 0 Å². The number of fused-ring (bicyclic) bond motifs is 1. The minimum absolute atomic E-state index is 0.0173. The van der Waals surface area contributed by atoms with Crippen LogP contribution in [0, 0.1) is 0 Å². The summed E-state index contributed by atoms with van der Waals surface area (Å²) in [4.78, 5) is 39.1. The molecule has 142 valence electrons. The standard InChI is InChI=1S/C18H22N6O3/c1-3-12(4-2)19-16(25)11-24-21-15(20-22-24)9-10-23-17(26)13-7-5-6-8-14(13)18(23)27/h5-8,12H,3-4,9-11H2,1-2H3,(H,19,25). The van der Waals surface area contributed by atoms with Crippen molar-refractivity contribution in [3.8, 4) is 0 Å². The van der Waals surface area contributed by atoms with Crippen LogP contribution in [0.3, 0.4) is 0 Å². The summed E-state index contributed by atoms with van der Waals surface area (Å²) in [5.74, 6) is -0.421. The highest BCUT2D eigenvalue weighted by molar-refractivity contribution is 6.21. The summed E-state index contributed by atoms with van der Waals surface area (Å²) >= 11 is 0. The third-order valence-corrected chi connectivity index (χ3v) is 4.57. The molecule has 0 unspecified atom stereocenters. The molecule has 3 rings (SSSR count). The molecule has 1 aromatic carbocycles. The fraction of sp³-hybridized carbons (Fsp3) is 0.444. The average molecular weight is 370 g/mol. The predicted octanol–water partition coefficient (Wildman–Crippen LogP) is 0.817. The molecule has 9 heteroatoms. The summed E-state index contributed by atoms with van der Waals surface area (Å²) in [5, 5.41) is 14.8. The zero-order chi connectivity index (χ0) is 19.4. The van der Waals surface area contributed by atoms with Gasteiger partial charge in [0.2, 0.25) is 5.91 Å². The van der Waals surface area contributed by atoms with Gasteiger partial charge in [-0.05, 0) is 30.2 Å². The number of nitrogens with zero attached hydrogens (tertiary/aromatic N) is 5. The molecule has 0 saturated carbocycles. The number of imide groups is 1. The third-order valence-electron chi connectivity index (χ3n) is 4.57. The molecule has 3 amide bonds. The van der Waals surface area contributed by atoms with E-state index in [1.165, 1.54) is 9.70 Å².